The molecule has 0 amide bonds. The summed E-state index contributed by atoms with van der Waals surface area (Å²) in [5.41, 5.74) is 6.43. The van der Waals surface area contributed by atoms with Gasteiger partial charge >= 0.3 is 0 Å². The van der Waals surface area contributed by atoms with E-state index in [1.165, 1.54) is 12.1 Å². The molecule has 3 aromatic carbocycles. The molecule has 0 radical (unpaired) electrons. The standard InChI is InChI=1S/C24H26N4O4S/c1-4-8-22(19-9-6-5-7-10-19)25-26-23-14-12-20(28(29)30)16-24(23)33(31,32)27-21-13-11-17(2)15-18(21)3/h5-7,9-16,26-27H,4,8H2,1-3H3. The van der Waals surface area contributed by atoms with Crippen LogP contribution in [-0.4, -0.2) is 19.1 Å². The number of benzene rings is 3. The lowest BCUT2D eigenvalue weighted by Crippen LogP contribution is -2.16. The molecule has 0 fully saturated rings. The van der Waals surface area contributed by atoms with Gasteiger partial charge in [0.1, 0.15) is 4.90 Å². The second-order valence-electron chi connectivity index (χ2n) is 7.65. The van der Waals surface area contributed by atoms with E-state index in [9.17, 15) is 18.5 Å². The van der Waals surface area contributed by atoms with Crippen molar-refractivity contribution in [1.82, 2.24) is 0 Å². The third-order valence-corrected chi connectivity index (χ3v) is 6.40. The molecule has 0 aliphatic heterocycles. The van der Waals surface area contributed by atoms with Gasteiger partial charge in [-0.2, -0.15) is 5.10 Å². The molecule has 33 heavy (non-hydrogen) atoms. The van der Waals surface area contributed by atoms with Crippen LogP contribution in [0.4, 0.5) is 17.1 Å². The van der Waals surface area contributed by atoms with Gasteiger partial charge in [-0.25, -0.2) is 8.42 Å². The van der Waals surface area contributed by atoms with Crippen LogP contribution in [0.5, 0.6) is 0 Å². The molecule has 0 aliphatic carbocycles. The number of sulfonamides is 1. The highest BCUT2D eigenvalue weighted by Crippen LogP contribution is 2.29. The summed E-state index contributed by atoms with van der Waals surface area (Å²) in [6.07, 6.45) is 1.52. The molecule has 0 saturated carbocycles. The monoisotopic (exact) mass is 466 g/mol. The van der Waals surface area contributed by atoms with Gasteiger partial charge in [0.25, 0.3) is 15.7 Å². The van der Waals surface area contributed by atoms with Crippen LogP contribution in [0.25, 0.3) is 0 Å². The van der Waals surface area contributed by atoms with Gasteiger partial charge < -0.3 is 0 Å². The first-order valence-electron chi connectivity index (χ1n) is 10.5. The number of nitrogens with zero attached hydrogens (tertiary/aromatic N) is 2. The zero-order valence-electron chi connectivity index (χ0n) is 18.7. The lowest BCUT2D eigenvalue weighted by Gasteiger charge is -2.14. The summed E-state index contributed by atoms with van der Waals surface area (Å²) in [6, 6.07) is 18.5. The molecule has 172 valence electrons. The fourth-order valence-electron chi connectivity index (χ4n) is 3.33. The van der Waals surface area contributed by atoms with Crippen LogP contribution in [0.15, 0.2) is 76.7 Å². The number of rotatable bonds is 9. The van der Waals surface area contributed by atoms with Crippen molar-refractivity contribution in [3.63, 3.8) is 0 Å². The van der Waals surface area contributed by atoms with Crippen LogP contribution in [-0.2, 0) is 10.0 Å². The minimum Gasteiger partial charge on any atom is -0.279 e. The van der Waals surface area contributed by atoms with Crippen molar-refractivity contribution in [2.75, 3.05) is 10.1 Å². The molecule has 0 spiro atoms. The van der Waals surface area contributed by atoms with Gasteiger partial charge in [0, 0.05) is 12.1 Å². The largest absolute Gasteiger partial charge is 0.279 e. The molecule has 0 atom stereocenters. The van der Waals surface area contributed by atoms with Crippen molar-refractivity contribution in [3.05, 3.63) is 93.5 Å². The Morgan fingerprint density at radius 1 is 1.00 bits per heavy atom. The molecular formula is C24H26N4O4S. The summed E-state index contributed by atoms with van der Waals surface area (Å²) in [5, 5.41) is 15.8. The van der Waals surface area contributed by atoms with E-state index in [2.05, 4.69) is 15.2 Å². The molecule has 3 rings (SSSR count). The molecule has 0 heterocycles. The van der Waals surface area contributed by atoms with Crippen molar-refractivity contribution < 1.29 is 13.3 Å². The number of aryl methyl sites for hydroxylation is 2. The number of hydrazone groups is 1. The molecule has 3 aromatic rings. The smallest absolute Gasteiger partial charge is 0.270 e. The van der Waals surface area contributed by atoms with Gasteiger partial charge in [-0.05, 0) is 43.5 Å². The van der Waals surface area contributed by atoms with Gasteiger partial charge in [0.15, 0.2) is 0 Å². The molecule has 9 heteroatoms. The van der Waals surface area contributed by atoms with E-state index >= 15 is 0 Å². The topological polar surface area (TPSA) is 114 Å². The Morgan fingerprint density at radius 3 is 2.33 bits per heavy atom. The lowest BCUT2D eigenvalue weighted by atomic mass is 10.1. The Hall–Kier alpha value is -3.72. The van der Waals surface area contributed by atoms with Crippen molar-refractivity contribution in [3.8, 4) is 0 Å². The average molecular weight is 467 g/mol. The molecule has 0 unspecified atom stereocenters. The highest BCUT2D eigenvalue weighted by Gasteiger charge is 2.23. The Bertz CT molecular complexity index is 1290. The summed E-state index contributed by atoms with van der Waals surface area (Å²) in [5.74, 6) is 0. The van der Waals surface area contributed by atoms with Gasteiger partial charge in [0.05, 0.1) is 22.0 Å². The number of nitro groups is 1. The molecule has 0 aliphatic rings. The highest BCUT2D eigenvalue weighted by molar-refractivity contribution is 7.92. The third kappa shape index (κ3) is 5.95. The molecular weight excluding hydrogens is 440 g/mol. The maximum atomic E-state index is 13.3. The Balaban J connectivity index is 2.03. The quantitative estimate of drug-likeness (QED) is 0.241. The summed E-state index contributed by atoms with van der Waals surface area (Å²) < 4.78 is 29.0. The zero-order chi connectivity index (χ0) is 24.0. The lowest BCUT2D eigenvalue weighted by molar-refractivity contribution is -0.385. The second kappa shape index (κ2) is 10.3. The first-order chi connectivity index (χ1) is 15.7. The number of nitrogens with one attached hydrogen (secondary N) is 2. The minimum absolute atomic E-state index is 0.141. The molecule has 2 N–H and O–H groups in total. The van der Waals surface area contributed by atoms with E-state index in [1.807, 2.05) is 50.2 Å². The SMILES string of the molecule is CCCC(=NNc1ccc([N+](=O)[O-])cc1S(=O)(=O)Nc1ccc(C)cc1C)c1ccccc1. The Morgan fingerprint density at radius 2 is 1.70 bits per heavy atom. The highest BCUT2D eigenvalue weighted by atomic mass is 32.2. The number of hydrogen-bond acceptors (Lipinski definition) is 6. The Kier molecular flexibility index (Phi) is 7.44. The number of nitro benzene ring substituents is 1. The van der Waals surface area contributed by atoms with Gasteiger partial charge in [-0.1, -0.05) is 61.4 Å². The first kappa shape index (κ1) is 23.9. The number of anilines is 2. The van der Waals surface area contributed by atoms with Crippen molar-refractivity contribution in [1.29, 1.82) is 0 Å². The van der Waals surface area contributed by atoms with Crippen molar-refractivity contribution in [2.24, 2.45) is 5.10 Å². The molecule has 0 bridgehead atoms. The van der Waals surface area contributed by atoms with Crippen LogP contribution in [0.2, 0.25) is 0 Å². The number of non-ortho nitro benzene ring substituents is 1. The van der Waals surface area contributed by atoms with Crippen LogP contribution >= 0.6 is 0 Å². The van der Waals surface area contributed by atoms with Gasteiger partial charge in [0.2, 0.25) is 0 Å². The van der Waals surface area contributed by atoms with Crippen molar-refractivity contribution in [2.45, 2.75) is 38.5 Å². The van der Waals surface area contributed by atoms with Gasteiger partial charge in [-0.3, -0.25) is 20.3 Å². The second-order valence-corrected chi connectivity index (χ2v) is 9.30. The maximum Gasteiger partial charge on any atom is 0.270 e. The van der Waals surface area contributed by atoms with E-state index in [4.69, 9.17) is 0 Å². The number of hydrogen-bond donors (Lipinski definition) is 2. The molecule has 0 aromatic heterocycles. The molecule has 8 nitrogen and oxygen atoms in total. The minimum atomic E-state index is -4.15. The normalized spacial score (nSPS) is 11.8. The predicted molar refractivity (Wildman–Crippen MR) is 131 cm³/mol. The van der Waals surface area contributed by atoms with Gasteiger partial charge in [-0.15, -0.1) is 0 Å². The van der Waals surface area contributed by atoms with Crippen LogP contribution in [0.1, 0.15) is 36.5 Å². The van der Waals surface area contributed by atoms with E-state index < -0.39 is 14.9 Å². The average Bonchev–Trinajstić information content (AvgIpc) is 2.79. The fraction of sp³-hybridized carbons (Fsp3) is 0.208. The fourth-order valence-corrected chi connectivity index (χ4v) is 4.63. The van der Waals surface area contributed by atoms with E-state index in [1.54, 1.807) is 19.1 Å². The first-order valence-corrected chi connectivity index (χ1v) is 12.0. The predicted octanol–water partition coefficient (Wildman–Crippen LogP) is 5.63. The van der Waals surface area contributed by atoms with Crippen LogP contribution in [0, 0.1) is 24.0 Å². The molecule has 0 saturated heterocycles. The Labute approximate surface area is 193 Å². The third-order valence-electron chi connectivity index (χ3n) is 5.00. The summed E-state index contributed by atoms with van der Waals surface area (Å²) in [7, 11) is -4.15. The van der Waals surface area contributed by atoms with E-state index in [0.29, 0.717) is 12.1 Å². The van der Waals surface area contributed by atoms with Crippen molar-refractivity contribution >= 4 is 32.8 Å². The summed E-state index contributed by atoms with van der Waals surface area (Å²) in [6.45, 7) is 5.72. The van der Waals surface area contributed by atoms with E-state index in [-0.39, 0.29) is 16.3 Å². The van der Waals surface area contributed by atoms with Crippen LogP contribution < -0.4 is 10.1 Å². The maximum absolute atomic E-state index is 13.3. The van der Waals surface area contributed by atoms with Crippen LogP contribution in [0.3, 0.4) is 0 Å². The zero-order valence-corrected chi connectivity index (χ0v) is 19.5. The summed E-state index contributed by atoms with van der Waals surface area (Å²) in [4.78, 5) is 10.4. The summed E-state index contributed by atoms with van der Waals surface area (Å²) >= 11 is 0. The van der Waals surface area contributed by atoms with E-state index in [0.717, 1.165) is 34.9 Å².